The third-order valence-electron chi connectivity index (χ3n) is 4.77. The molecule has 33 heavy (non-hydrogen) atoms. The number of methoxy groups -OCH3 is 1. The van der Waals surface area contributed by atoms with Crippen molar-refractivity contribution < 1.29 is 9.53 Å². The lowest BCUT2D eigenvalue weighted by molar-refractivity contribution is 0.0975. The van der Waals surface area contributed by atoms with E-state index in [9.17, 15) is 14.4 Å². The van der Waals surface area contributed by atoms with E-state index >= 15 is 0 Å². The molecular weight excluding hydrogens is 462 g/mol. The van der Waals surface area contributed by atoms with E-state index in [1.54, 1.807) is 40.7 Å². The molecule has 0 saturated carbocycles. The number of hydrogen-bond donors (Lipinski definition) is 2. The van der Waals surface area contributed by atoms with E-state index in [0.717, 1.165) is 16.3 Å². The predicted molar refractivity (Wildman–Crippen MR) is 132 cm³/mol. The minimum Gasteiger partial charge on any atom is -0.383 e. The lowest BCUT2D eigenvalue weighted by atomic mass is 10.2. The van der Waals surface area contributed by atoms with Gasteiger partial charge in [0, 0.05) is 41.8 Å². The number of hydrogen-bond acceptors (Lipinski definition) is 8. The third kappa shape index (κ3) is 6.12. The van der Waals surface area contributed by atoms with Crippen LogP contribution in [0.4, 0.5) is 11.5 Å². The molecule has 0 saturated heterocycles. The maximum Gasteiger partial charge on any atom is 0.330 e. The van der Waals surface area contributed by atoms with Crippen LogP contribution in [-0.2, 0) is 17.0 Å². The highest BCUT2D eigenvalue weighted by Gasteiger charge is 2.25. The van der Waals surface area contributed by atoms with E-state index in [0.29, 0.717) is 12.1 Å². The smallest absolute Gasteiger partial charge is 0.330 e. The maximum atomic E-state index is 13.4. The summed E-state index contributed by atoms with van der Waals surface area (Å²) in [6.07, 6.45) is 0. The number of nitrogens with two attached hydrogens (primary N) is 1. The minimum absolute atomic E-state index is 0.0441. The number of H-pyrrole nitrogens is 1. The normalized spacial score (nSPS) is 11.2. The summed E-state index contributed by atoms with van der Waals surface area (Å²) in [5.41, 5.74) is 8.05. The van der Waals surface area contributed by atoms with Gasteiger partial charge in [0.2, 0.25) is 0 Å². The Bertz CT molecular complexity index is 1190. The Labute approximate surface area is 199 Å². The van der Waals surface area contributed by atoms with E-state index in [4.69, 9.17) is 10.5 Å². The SMILES string of the molecule is COCCN(C(=O)c1ccc(SCc2cscn2)cc1)c1c(N)n(CC(C)C)c(=O)[nH]c1=O. The fourth-order valence-corrected chi connectivity index (χ4v) is 4.66. The average Bonchev–Trinajstić information content (AvgIpc) is 3.31. The number of carbonyl (C=O) groups is 1. The number of anilines is 2. The monoisotopic (exact) mass is 489 g/mol. The van der Waals surface area contributed by atoms with Gasteiger partial charge in [-0.05, 0) is 30.2 Å². The van der Waals surface area contributed by atoms with Crippen molar-refractivity contribution in [1.82, 2.24) is 14.5 Å². The van der Waals surface area contributed by atoms with Gasteiger partial charge in [0.15, 0.2) is 5.69 Å². The van der Waals surface area contributed by atoms with Crippen molar-refractivity contribution in [2.75, 3.05) is 30.9 Å². The van der Waals surface area contributed by atoms with Gasteiger partial charge in [0.1, 0.15) is 5.82 Å². The molecule has 0 fully saturated rings. The number of ether oxygens (including phenoxy) is 1. The number of thioether (sulfide) groups is 1. The quantitative estimate of drug-likeness (QED) is 0.420. The Morgan fingerprint density at radius 1 is 1.30 bits per heavy atom. The highest BCUT2D eigenvalue weighted by atomic mass is 32.2. The van der Waals surface area contributed by atoms with E-state index in [2.05, 4.69) is 9.97 Å². The number of nitrogens with one attached hydrogen (secondary N) is 1. The Kier molecular flexibility index (Phi) is 8.48. The molecule has 0 bridgehead atoms. The van der Waals surface area contributed by atoms with Gasteiger partial charge in [-0.25, -0.2) is 9.78 Å². The van der Waals surface area contributed by atoms with Crippen LogP contribution in [-0.4, -0.2) is 40.7 Å². The summed E-state index contributed by atoms with van der Waals surface area (Å²) in [5.74, 6) is 0.397. The molecule has 2 heterocycles. The molecule has 0 aliphatic heterocycles. The summed E-state index contributed by atoms with van der Waals surface area (Å²) in [5, 5.41) is 2.00. The molecule has 0 atom stereocenters. The van der Waals surface area contributed by atoms with Crippen LogP contribution in [0.5, 0.6) is 0 Å². The maximum absolute atomic E-state index is 13.4. The van der Waals surface area contributed by atoms with Gasteiger partial charge in [-0.15, -0.1) is 23.1 Å². The molecule has 0 spiro atoms. The number of amides is 1. The Balaban J connectivity index is 1.90. The standard InChI is InChI=1S/C22H27N5O4S2/c1-14(2)10-27-19(23)18(20(28)25-22(27)30)26(8-9-31-3)21(29)15-4-6-17(7-5-15)33-12-16-11-32-13-24-16/h4-7,11,13-14H,8-10,12,23H2,1-3H3,(H,25,28,30). The second-order valence-electron chi connectivity index (χ2n) is 7.74. The largest absolute Gasteiger partial charge is 0.383 e. The average molecular weight is 490 g/mol. The molecule has 2 aromatic heterocycles. The number of nitrogens with zero attached hydrogens (tertiary/aromatic N) is 3. The molecule has 3 N–H and O–H groups in total. The molecule has 0 aliphatic rings. The van der Waals surface area contributed by atoms with Crippen LogP contribution < -0.4 is 21.9 Å². The lowest BCUT2D eigenvalue weighted by Gasteiger charge is -2.25. The van der Waals surface area contributed by atoms with Gasteiger partial charge < -0.3 is 10.5 Å². The molecule has 1 aromatic carbocycles. The summed E-state index contributed by atoms with van der Waals surface area (Å²) in [6.45, 7) is 4.46. The van der Waals surface area contributed by atoms with Gasteiger partial charge in [0.05, 0.1) is 17.8 Å². The van der Waals surface area contributed by atoms with Crippen molar-refractivity contribution in [3.8, 4) is 0 Å². The summed E-state index contributed by atoms with van der Waals surface area (Å²) in [6, 6.07) is 7.12. The zero-order valence-electron chi connectivity index (χ0n) is 18.7. The van der Waals surface area contributed by atoms with Crippen molar-refractivity contribution in [1.29, 1.82) is 0 Å². The van der Waals surface area contributed by atoms with Crippen molar-refractivity contribution in [3.05, 3.63) is 67.3 Å². The van der Waals surface area contributed by atoms with Crippen molar-refractivity contribution in [2.45, 2.75) is 31.0 Å². The molecular formula is C22H27N5O4S2. The van der Waals surface area contributed by atoms with E-state index < -0.39 is 17.2 Å². The number of nitrogen functional groups attached to an aromatic ring is 1. The van der Waals surface area contributed by atoms with Gasteiger partial charge in [-0.2, -0.15) is 0 Å². The van der Waals surface area contributed by atoms with Crippen LogP contribution in [0.15, 0.2) is 49.6 Å². The highest BCUT2D eigenvalue weighted by molar-refractivity contribution is 7.98. The van der Waals surface area contributed by atoms with Crippen LogP contribution in [0.25, 0.3) is 0 Å². The Hall–Kier alpha value is -2.89. The molecule has 0 aliphatic carbocycles. The molecule has 3 rings (SSSR count). The van der Waals surface area contributed by atoms with E-state index in [-0.39, 0.29) is 30.6 Å². The van der Waals surface area contributed by atoms with E-state index in [1.165, 1.54) is 16.6 Å². The third-order valence-corrected chi connectivity index (χ3v) is 6.45. The Morgan fingerprint density at radius 3 is 2.64 bits per heavy atom. The van der Waals surface area contributed by atoms with Gasteiger partial charge in [-0.3, -0.25) is 24.0 Å². The first-order valence-electron chi connectivity index (χ1n) is 10.3. The minimum atomic E-state index is -0.711. The number of thiazole rings is 1. The van der Waals surface area contributed by atoms with Crippen molar-refractivity contribution in [2.24, 2.45) is 5.92 Å². The van der Waals surface area contributed by atoms with Crippen molar-refractivity contribution >= 4 is 40.5 Å². The van der Waals surface area contributed by atoms with Gasteiger partial charge in [0.25, 0.3) is 11.5 Å². The number of benzene rings is 1. The predicted octanol–water partition coefficient (Wildman–Crippen LogP) is 2.82. The van der Waals surface area contributed by atoms with Gasteiger partial charge >= 0.3 is 5.69 Å². The van der Waals surface area contributed by atoms with Gasteiger partial charge in [-0.1, -0.05) is 13.8 Å². The zero-order chi connectivity index (χ0) is 24.0. The summed E-state index contributed by atoms with van der Waals surface area (Å²) >= 11 is 3.17. The molecule has 1 amide bonds. The molecule has 0 radical (unpaired) electrons. The topological polar surface area (TPSA) is 123 Å². The zero-order valence-corrected chi connectivity index (χ0v) is 20.4. The number of aromatic amines is 1. The summed E-state index contributed by atoms with van der Waals surface area (Å²) in [4.78, 5) is 47.2. The van der Waals surface area contributed by atoms with Crippen LogP contribution in [0.1, 0.15) is 29.9 Å². The first kappa shape index (κ1) is 24.7. The van der Waals surface area contributed by atoms with Crippen molar-refractivity contribution in [3.63, 3.8) is 0 Å². The summed E-state index contributed by atoms with van der Waals surface area (Å²) < 4.78 is 6.43. The lowest BCUT2D eigenvalue weighted by Crippen LogP contribution is -2.42. The molecule has 9 nitrogen and oxygen atoms in total. The molecule has 176 valence electrons. The molecule has 0 unspecified atom stereocenters. The molecule has 11 heteroatoms. The summed E-state index contributed by atoms with van der Waals surface area (Å²) in [7, 11) is 1.50. The van der Waals surface area contributed by atoms with Crippen LogP contribution >= 0.6 is 23.1 Å². The van der Waals surface area contributed by atoms with E-state index in [1.807, 2.05) is 31.4 Å². The molecule has 3 aromatic rings. The Morgan fingerprint density at radius 2 is 2.03 bits per heavy atom. The van der Waals surface area contributed by atoms with Crippen LogP contribution in [0.3, 0.4) is 0 Å². The number of carbonyl (C=O) groups excluding carboxylic acids is 1. The first-order chi connectivity index (χ1) is 15.8. The highest BCUT2D eigenvalue weighted by Crippen LogP contribution is 2.25. The van der Waals surface area contributed by atoms with Crippen LogP contribution in [0.2, 0.25) is 0 Å². The first-order valence-corrected chi connectivity index (χ1v) is 12.3. The second kappa shape index (κ2) is 11.3. The fraction of sp³-hybridized carbons (Fsp3) is 0.364. The number of aromatic nitrogens is 3. The fourth-order valence-electron chi connectivity index (χ4n) is 3.20. The van der Waals surface area contributed by atoms with Crippen LogP contribution in [0, 0.1) is 5.92 Å². The number of rotatable bonds is 10. The second-order valence-corrected chi connectivity index (χ2v) is 9.51.